The Labute approximate surface area is 96.2 Å². The summed E-state index contributed by atoms with van der Waals surface area (Å²) in [5, 5.41) is 2.76. The molecule has 5 heteroatoms. The zero-order chi connectivity index (χ0) is 11.3. The number of nitrogens with one attached hydrogen (secondary N) is 2. The summed E-state index contributed by atoms with van der Waals surface area (Å²) in [7, 11) is 0. The molecule has 1 amide bonds. The van der Waals surface area contributed by atoms with Crippen molar-refractivity contribution in [2.24, 2.45) is 0 Å². The van der Waals surface area contributed by atoms with Gasteiger partial charge in [0.1, 0.15) is 0 Å². The van der Waals surface area contributed by atoms with Crippen LogP contribution in [0.3, 0.4) is 0 Å². The molecule has 0 aliphatic carbocycles. The first kappa shape index (κ1) is 12.0. The lowest BCUT2D eigenvalue weighted by Crippen LogP contribution is -2.29. The van der Waals surface area contributed by atoms with E-state index in [-0.39, 0.29) is 16.3 Å². The fraction of sp³-hybridized carbons (Fsp3) is 0.400. The van der Waals surface area contributed by atoms with Gasteiger partial charge in [0.25, 0.3) is 5.91 Å². The van der Waals surface area contributed by atoms with Crippen molar-refractivity contribution in [3.05, 3.63) is 34.2 Å². The topological polar surface area (TPSA) is 62.0 Å². The first-order chi connectivity index (χ1) is 7.13. The minimum atomic E-state index is -0.210. The van der Waals surface area contributed by atoms with E-state index < -0.39 is 0 Å². The number of halogens is 1. The lowest BCUT2D eigenvalue weighted by molar-refractivity contribution is 0.0953. The number of H-pyrrole nitrogens is 1. The standard InChI is InChI=1S/C10H13BrN2O2/c1-2-8(11)6-13-10(15)7-3-4-9(14)12-5-7/h3-5,8H,2,6H2,1H3,(H,12,14)(H,13,15). The summed E-state index contributed by atoms with van der Waals surface area (Å²) in [6.45, 7) is 2.61. The van der Waals surface area contributed by atoms with E-state index in [2.05, 4.69) is 26.2 Å². The Hall–Kier alpha value is -1.10. The van der Waals surface area contributed by atoms with Gasteiger partial charge in [0.2, 0.25) is 5.56 Å². The quantitative estimate of drug-likeness (QED) is 0.812. The van der Waals surface area contributed by atoms with Crippen molar-refractivity contribution < 1.29 is 4.79 Å². The second-order valence-corrected chi connectivity index (χ2v) is 4.45. The largest absolute Gasteiger partial charge is 0.351 e. The first-order valence-electron chi connectivity index (χ1n) is 4.74. The van der Waals surface area contributed by atoms with Crippen LogP contribution in [0.5, 0.6) is 0 Å². The zero-order valence-electron chi connectivity index (χ0n) is 8.42. The predicted octanol–water partition coefficient (Wildman–Crippen LogP) is 1.28. The molecule has 0 spiro atoms. The Balaban J connectivity index is 2.54. The maximum atomic E-state index is 11.5. The van der Waals surface area contributed by atoms with Gasteiger partial charge in [0, 0.05) is 23.6 Å². The van der Waals surface area contributed by atoms with Crippen molar-refractivity contribution in [3.63, 3.8) is 0 Å². The second kappa shape index (κ2) is 5.70. The van der Waals surface area contributed by atoms with E-state index in [1.54, 1.807) is 0 Å². The maximum absolute atomic E-state index is 11.5. The molecule has 0 radical (unpaired) electrons. The Morgan fingerprint density at radius 2 is 2.33 bits per heavy atom. The van der Waals surface area contributed by atoms with Gasteiger partial charge in [-0.05, 0) is 12.5 Å². The van der Waals surface area contributed by atoms with E-state index in [1.807, 2.05) is 6.92 Å². The van der Waals surface area contributed by atoms with Crippen molar-refractivity contribution in [2.75, 3.05) is 6.54 Å². The van der Waals surface area contributed by atoms with Crippen LogP contribution >= 0.6 is 15.9 Å². The molecule has 1 unspecified atom stereocenters. The molecule has 0 aromatic carbocycles. The predicted molar refractivity (Wildman–Crippen MR) is 62.4 cm³/mol. The number of rotatable bonds is 4. The van der Waals surface area contributed by atoms with Crippen LogP contribution in [0.4, 0.5) is 0 Å². The van der Waals surface area contributed by atoms with Crippen molar-refractivity contribution >= 4 is 21.8 Å². The summed E-state index contributed by atoms with van der Waals surface area (Å²) in [6, 6.07) is 2.84. The van der Waals surface area contributed by atoms with Crippen LogP contribution in [-0.4, -0.2) is 22.3 Å². The van der Waals surface area contributed by atoms with Gasteiger partial charge in [-0.15, -0.1) is 0 Å². The number of pyridine rings is 1. The Bertz CT molecular complexity index is 369. The molecule has 1 aromatic rings. The molecule has 1 aromatic heterocycles. The summed E-state index contributed by atoms with van der Waals surface area (Å²) in [6.07, 6.45) is 2.36. The molecular weight excluding hydrogens is 260 g/mol. The molecule has 0 saturated carbocycles. The van der Waals surface area contributed by atoms with Gasteiger partial charge in [-0.25, -0.2) is 0 Å². The number of hydrogen-bond donors (Lipinski definition) is 2. The summed E-state index contributed by atoms with van der Waals surface area (Å²) in [4.78, 5) is 25.0. The number of aromatic nitrogens is 1. The molecule has 1 rings (SSSR count). The molecule has 4 nitrogen and oxygen atoms in total. The zero-order valence-corrected chi connectivity index (χ0v) is 10.0. The third-order valence-electron chi connectivity index (χ3n) is 1.97. The molecule has 0 fully saturated rings. The highest BCUT2D eigenvalue weighted by Gasteiger charge is 2.07. The molecule has 15 heavy (non-hydrogen) atoms. The number of aromatic amines is 1. The van der Waals surface area contributed by atoms with Crippen molar-refractivity contribution in [2.45, 2.75) is 18.2 Å². The van der Waals surface area contributed by atoms with E-state index >= 15 is 0 Å². The minimum absolute atomic E-state index is 0.177. The first-order valence-corrected chi connectivity index (χ1v) is 5.66. The van der Waals surface area contributed by atoms with Crippen LogP contribution in [0.2, 0.25) is 0 Å². The third-order valence-corrected chi connectivity index (χ3v) is 2.94. The number of amides is 1. The number of hydrogen-bond acceptors (Lipinski definition) is 2. The average Bonchev–Trinajstić information content (AvgIpc) is 2.26. The monoisotopic (exact) mass is 272 g/mol. The molecule has 2 N–H and O–H groups in total. The van der Waals surface area contributed by atoms with Crippen molar-refractivity contribution in [3.8, 4) is 0 Å². The Kier molecular flexibility index (Phi) is 4.55. The Morgan fingerprint density at radius 3 is 2.87 bits per heavy atom. The maximum Gasteiger partial charge on any atom is 0.252 e. The van der Waals surface area contributed by atoms with Gasteiger partial charge in [-0.2, -0.15) is 0 Å². The van der Waals surface area contributed by atoms with Crippen LogP contribution < -0.4 is 10.9 Å². The van der Waals surface area contributed by atoms with Gasteiger partial charge < -0.3 is 10.3 Å². The fourth-order valence-electron chi connectivity index (χ4n) is 1.00. The summed E-state index contributed by atoms with van der Waals surface area (Å²) < 4.78 is 0. The van der Waals surface area contributed by atoms with Crippen molar-refractivity contribution in [1.29, 1.82) is 0 Å². The van der Waals surface area contributed by atoms with Gasteiger partial charge in [-0.3, -0.25) is 9.59 Å². The summed E-state index contributed by atoms with van der Waals surface area (Å²) in [5.41, 5.74) is 0.254. The molecule has 0 aliphatic rings. The van der Waals surface area contributed by atoms with Gasteiger partial charge in [-0.1, -0.05) is 22.9 Å². The molecule has 0 aliphatic heterocycles. The summed E-state index contributed by atoms with van der Waals surface area (Å²) >= 11 is 3.42. The molecule has 82 valence electrons. The molecule has 1 heterocycles. The van der Waals surface area contributed by atoms with E-state index in [9.17, 15) is 9.59 Å². The fourth-order valence-corrected chi connectivity index (χ4v) is 1.16. The SMILES string of the molecule is CCC(Br)CNC(=O)c1ccc(=O)[nH]c1. The third kappa shape index (κ3) is 3.87. The number of carbonyl (C=O) groups is 1. The Morgan fingerprint density at radius 1 is 1.60 bits per heavy atom. The minimum Gasteiger partial charge on any atom is -0.351 e. The lowest BCUT2D eigenvalue weighted by atomic mass is 10.2. The van der Waals surface area contributed by atoms with E-state index in [0.29, 0.717) is 12.1 Å². The molecule has 0 bridgehead atoms. The normalized spacial score (nSPS) is 12.1. The van der Waals surface area contributed by atoms with Gasteiger partial charge in [0.05, 0.1) is 5.56 Å². The highest BCUT2D eigenvalue weighted by Crippen LogP contribution is 2.02. The van der Waals surface area contributed by atoms with Crippen LogP contribution in [0.25, 0.3) is 0 Å². The summed E-state index contributed by atoms with van der Waals surface area (Å²) in [5.74, 6) is -0.177. The van der Waals surface area contributed by atoms with Crippen LogP contribution in [-0.2, 0) is 0 Å². The number of alkyl halides is 1. The second-order valence-electron chi connectivity index (χ2n) is 3.16. The molecule has 1 atom stereocenters. The van der Waals surface area contributed by atoms with Crippen molar-refractivity contribution in [1.82, 2.24) is 10.3 Å². The molecule has 0 saturated heterocycles. The highest BCUT2D eigenvalue weighted by molar-refractivity contribution is 9.09. The average molecular weight is 273 g/mol. The van der Waals surface area contributed by atoms with E-state index in [1.165, 1.54) is 18.3 Å². The van der Waals surface area contributed by atoms with Gasteiger partial charge in [0.15, 0.2) is 0 Å². The lowest BCUT2D eigenvalue weighted by Gasteiger charge is -2.08. The smallest absolute Gasteiger partial charge is 0.252 e. The number of carbonyl (C=O) groups excluding carboxylic acids is 1. The van der Waals surface area contributed by atoms with Crippen LogP contribution in [0, 0.1) is 0 Å². The van der Waals surface area contributed by atoms with Crippen LogP contribution in [0.15, 0.2) is 23.1 Å². The van der Waals surface area contributed by atoms with Gasteiger partial charge >= 0.3 is 0 Å². The highest BCUT2D eigenvalue weighted by atomic mass is 79.9. The van der Waals surface area contributed by atoms with Crippen LogP contribution in [0.1, 0.15) is 23.7 Å². The molecular formula is C10H13BrN2O2. The van der Waals surface area contributed by atoms with E-state index in [4.69, 9.17) is 0 Å². The van der Waals surface area contributed by atoms with E-state index in [0.717, 1.165) is 6.42 Å².